The Kier molecular flexibility index (Phi) is 3.56. The van der Waals surface area contributed by atoms with E-state index in [0.29, 0.717) is 0 Å². The molecule has 0 radical (unpaired) electrons. The number of rotatable bonds is 2. The lowest BCUT2D eigenvalue weighted by atomic mass is 10.0. The van der Waals surface area contributed by atoms with E-state index >= 15 is 0 Å². The molecule has 2 nitrogen and oxygen atoms in total. The lowest BCUT2D eigenvalue weighted by Gasteiger charge is -2.37. The van der Waals surface area contributed by atoms with E-state index in [-0.39, 0.29) is 5.04 Å². The lowest BCUT2D eigenvalue weighted by molar-refractivity contribution is 0.479. The molecule has 1 aromatic rings. The van der Waals surface area contributed by atoms with Crippen molar-refractivity contribution in [3.63, 3.8) is 0 Å². The van der Waals surface area contributed by atoms with Crippen LogP contribution in [-0.4, -0.2) is 14.9 Å². The first-order valence-corrected chi connectivity index (χ1v) is 9.72. The summed E-state index contributed by atoms with van der Waals surface area (Å²) in [5.41, 5.74) is 2.82. The third kappa shape index (κ3) is 2.62. The first kappa shape index (κ1) is 13.6. The summed E-state index contributed by atoms with van der Waals surface area (Å²) < 4.78 is 6.46. The van der Waals surface area contributed by atoms with Crippen LogP contribution in [0.1, 0.15) is 31.9 Å². The van der Waals surface area contributed by atoms with Gasteiger partial charge in [0.05, 0.1) is 0 Å². The molecule has 3 heteroatoms. The normalized spacial score (nSPS) is 16.3. The molecular weight excluding hydrogens is 238 g/mol. The Bertz CT molecular complexity index is 435. The van der Waals surface area contributed by atoms with Crippen molar-refractivity contribution in [1.29, 1.82) is 0 Å². The number of nitrogens with one attached hydrogen (secondary N) is 1. The van der Waals surface area contributed by atoms with Gasteiger partial charge >= 0.3 is 0 Å². The molecule has 1 aliphatic rings. The maximum Gasteiger partial charge on any atom is 0.250 e. The second-order valence-electron chi connectivity index (χ2n) is 6.68. The second kappa shape index (κ2) is 4.70. The van der Waals surface area contributed by atoms with Gasteiger partial charge < -0.3 is 9.74 Å². The van der Waals surface area contributed by atoms with Gasteiger partial charge in [-0.3, -0.25) is 0 Å². The van der Waals surface area contributed by atoms with Crippen LogP contribution in [0.4, 0.5) is 0 Å². The van der Waals surface area contributed by atoms with Crippen LogP contribution in [0.3, 0.4) is 0 Å². The van der Waals surface area contributed by atoms with Crippen molar-refractivity contribution in [2.75, 3.05) is 6.54 Å². The smallest absolute Gasteiger partial charge is 0.250 e. The summed E-state index contributed by atoms with van der Waals surface area (Å²) in [7, 11) is -1.73. The average Bonchev–Trinajstić information content (AvgIpc) is 2.27. The van der Waals surface area contributed by atoms with E-state index in [2.05, 4.69) is 57.4 Å². The summed E-state index contributed by atoms with van der Waals surface area (Å²) in [6.45, 7) is 13.5. The van der Waals surface area contributed by atoms with E-state index < -0.39 is 8.32 Å². The molecule has 0 spiro atoms. The minimum Gasteiger partial charge on any atom is -0.543 e. The Labute approximate surface area is 112 Å². The fraction of sp³-hybridized carbons (Fsp3) is 0.600. The molecule has 1 aliphatic heterocycles. The van der Waals surface area contributed by atoms with Crippen LogP contribution in [0.25, 0.3) is 0 Å². The minimum atomic E-state index is -1.73. The summed E-state index contributed by atoms with van der Waals surface area (Å²) in [6, 6.07) is 6.49. The highest BCUT2D eigenvalue weighted by Gasteiger charge is 2.39. The van der Waals surface area contributed by atoms with Crippen LogP contribution in [0.5, 0.6) is 5.75 Å². The zero-order chi connectivity index (χ0) is 13.4. The van der Waals surface area contributed by atoms with E-state index in [1.807, 2.05) is 0 Å². The van der Waals surface area contributed by atoms with Crippen molar-refractivity contribution in [3.05, 3.63) is 29.3 Å². The molecule has 0 atom stereocenters. The van der Waals surface area contributed by atoms with Gasteiger partial charge in [-0.05, 0) is 42.7 Å². The molecule has 0 aromatic heterocycles. The number of hydrogen-bond donors (Lipinski definition) is 1. The van der Waals surface area contributed by atoms with Gasteiger partial charge in [0.1, 0.15) is 5.75 Å². The Morgan fingerprint density at radius 3 is 2.61 bits per heavy atom. The molecule has 0 saturated carbocycles. The van der Waals surface area contributed by atoms with E-state index in [9.17, 15) is 0 Å². The highest BCUT2D eigenvalue weighted by Crippen LogP contribution is 2.38. The van der Waals surface area contributed by atoms with Gasteiger partial charge in [0.15, 0.2) is 0 Å². The molecule has 0 aliphatic carbocycles. The lowest BCUT2D eigenvalue weighted by Crippen LogP contribution is -2.44. The molecule has 1 heterocycles. The largest absolute Gasteiger partial charge is 0.543 e. The fourth-order valence-corrected chi connectivity index (χ4v) is 3.05. The van der Waals surface area contributed by atoms with E-state index in [1.54, 1.807) is 0 Å². The molecule has 0 saturated heterocycles. The number of benzene rings is 1. The highest BCUT2D eigenvalue weighted by atomic mass is 28.4. The topological polar surface area (TPSA) is 21.3 Å². The molecule has 100 valence electrons. The molecule has 1 aromatic carbocycles. The van der Waals surface area contributed by atoms with Crippen LogP contribution >= 0.6 is 0 Å². The van der Waals surface area contributed by atoms with Crippen molar-refractivity contribution < 1.29 is 4.43 Å². The summed E-state index contributed by atoms with van der Waals surface area (Å²) in [6.07, 6.45) is 1.12. The fourth-order valence-electron chi connectivity index (χ4n) is 2.01. The van der Waals surface area contributed by atoms with Gasteiger partial charge in [-0.1, -0.05) is 32.9 Å². The highest BCUT2D eigenvalue weighted by molar-refractivity contribution is 6.74. The molecule has 1 N–H and O–H groups in total. The second-order valence-corrected chi connectivity index (χ2v) is 11.4. The van der Waals surface area contributed by atoms with E-state index in [0.717, 1.165) is 25.3 Å². The first-order chi connectivity index (χ1) is 8.31. The number of hydrogen-bond acceptors (Lipinski definition) is 2. The molecule has 18 heavy (non-hydrogen) atoms. The molecule has 0 fully saturated rings. The Morgan fingerprint density at radius 2 is 1.94 bits per heavy atom. The van der Waals surface area contributed by atoms with Gasteiger partial charge in [-0.15, -0.1) is 0 Å². The Morgan fingerprint density at radius 1 is 1.22 bits per heavy atom. The molecular formula is C15H25NOSi. The van der Waals surface area contributed by atoms with Gasteiger partial charge in [0.2, 0.25) is 8.32 Å². The zero-order valence-corrected chi connectivity index (χ0v) is 13.3. The molecule has 0 bridgehead atoms. The SMILES string of the molecule is CC(C)(C)[Si](C)(C)Oc1cccc2c1CNCC2. The summed E-state index contributed by atoms with van der Waals surface area (Å²) in [5.74, 6) is 1.10. The van der Waals surface area contributed by atoms with Crippen LogP contribution in [-0.2, 0) is 13.0 Å². The summed E-state index contributed by atoms with van der Waals surface area (Å²) in [4.78, 5) is 0. The summed E-state index contributed by atoms with van der Waals surface area (Å²) in [5, 5.41) is 3.69. The van der Waals surface area contributed by atoms with Crippen molar-refractivity contribution in [3.8, 4) is 5.75 Å². The van der Waals surface area contributed by atoms with Crippen molar-refractivity contribution >= 4 is 8.32 Å². The predicted octanol–water partition coefficient (Wildman–Crippen LogP) is 3.72. The van der Waals surface area contributed by atoms with Crippen LogP contribution in [0.2, 0.25) is 18.1 Å². The minimum absolute atomic E-state index is 0.248. The third-order valence-electron chi connectivity index (χ3n) is 4.27. The molecule has 0 unspecified atom stereocenters. The van der Waals surface area contributed by atoms with Crippen molar-refractivity contribution in [2.24, 2.45) is 0 Å². The molecule has 0 amide bonds. The van der Waals surface area contributed by atoms with Crippen LogP contribution in [0.15, 0.2) is 18.2 Å². The van der Waals surface area contributed by atoms with Gasteiger partial charge in [0.25, 0.3) is 0 Å². The quantitative estimate of drug-likeness (QED) is 0.821. The third-order valence-corrected chi connectivity index (χ3v) is 8.62. The zero-order valence-electron chi connectivity index (χ0n) is 12.3. The number of fused-ring (bicyclic) bond motifs is 1. The maximum absolute atomic E-state index is 6.46. The maximum atomic E-state index is 6.46. The van der Waals surface area contributed by atoms with Crippen molar-refractivity contribution in [1.82, 2.24) is 5.32 Å². The average molecular weight is 263 g/mol. The van der Waals surface area contributed by atoms with Gasteiger partial charge in [-0.25, -0.2) is 0 Å². The monoisotopic (exact) mass is 263 g/mol. The van der Waals surface area contributed by atoms with Gasteiger partial charge in [0, 0.05) is 12.1 Å². The van der Waals surface area contributed by atoms with Crippen LogP contribution in [0, 0.1) is 0 Å². The summed E-state index contributed by atoms with van der Waals surface area (Å²) >= 11 is 0. The first-order valence-electron chi connectivity index (χ1n) is 6.82. The van der Waals surface area contributed by atoms with Crippen LogP contribution < -0.4 is 9.74 Å². The van der Waals surface area contributed by atoms with Gasteiger partial charge in [-0.2, -0.15) is 0 Å². The van der Waals surface area contributed by atoms with E-state index in [4.69, 9.17) is 4.43 Å². The van der Waals surface area contributed by atoms with Crippen molar-refractivity contribution in [2.45, 2.75) is 51.9 Å². The Balaban J connectivity index is 2.30. The Hall–Kier alpha value is -0.803. The van der Waals surface area contributed by atoms with E-state index in [1.165, 1.54) is 11.1 Å². The molecule has 2 rings (SSSR count). The predicted molar refractivity (Wildman–Crippen MR) is 79.7 cm³/mol. The standard InChI is InChI=1S/C15H25NOSi/c1-15(2,3)18(4,5)17-14-8-6-7-12-9-10-16-11-13(12)14/h6-8,16H,9-11H2,1-5H3.